The molecule has 1 fully saturated rings. The van der Waals surface area contributed by atoms with Gasteiger partial charge >= 0.3 is 0 Å². The molecule has 254 valence electrons. The summed E-state index contributed by atoms with van der Waals surface area (Å²) in [7, 11) is 1.60. The van der Waals surface area contributed by atoms with Crippen LogP contribution in [0.25, 0.3) is 33.1 Å². The number of benzene rings is 4. The van der Waals surface area contributed by atoms with E-state index in [4.69, 9.17) is 9.47 Å². The molecule has 0 atom stereocenters. The highest BCUT2D eigenvalue weighted by atomic mass is 32.2. The van der Waals surface area contributed by atoms with Gasteiger partial charge in [-0.25, -0.2) is 13.8 Å². The Kier molecular flexibility index (Phi) is 10.2. The Bertz CT molecular complexity index is 2160. The van der Waals surface area contributed by atoms with Crippen molar-refractivity contribution in [3.63, 3.8) is 0 Å². The predicted molar refractivity (Wildman–Crippen MR) is 194 cm³/mol. The number of ether oxygens (including phenoxy) is 2. The van der Waals surface area contributed by atoms with Crippen molar-refractivity contribution >= 4 is 45.2 Å². The third-order valence-corrected chi connectivity index (χ3v) is 9.93. The fraction of sp³-hybridized carbons (Fsp3) is 0.225. The van der Waals surface area contributed by atoms with Crippen molar-refractivity contribution in [2.75, 3.05) is 38.7 Å². The summed E-state index contributed by atoms with van der Waals surface area (Å²) in [5.41, 5.74) is 3.07. The molecule has 0 aliphatic carbocycles. The summed E-state index contributed by atoms with van der Waals surface area (Å²) in [6.07, 6.45) is 6.46. The van der Waals surface area contributed by atoms with Crippen molar-refractivity contribution < 1.29 is 23.0 Å². The average Bonchev–Trinajstić information content (AvgIpc) is 3.14. The number of hydrogen-bond donors (Lipinski definition) is 1. The first kappa shape index (κ1) is 33.4. The van der Waals surface area contributed by atoms with Gasteiger partial charge < -0.3 is 19.7 Å². The molecule has 10 heteroatoms. The molecular formula is C40H36F2N4O3S. The molecule has 1 N–H and O–H groups in total. The van der Waals surface area contributed by atoms with Crippen LogP contribution in [0.5, 0.6) is 11.5 Å². The maximum Gasteiger partial charge on any atom is 0.256 e. The number of fused-ring (bicyclic) bond motifs is 2. The van der Waals surface area contributed by atoms with Crippen molar-refractivity contribution in [2.24, 2.45) is 0 Å². The van der Waals surface area contributed by atoms with Crippen LogP contribution >= 0.6 is 11.8 Å². The number of likely N-dealkylation sites (tertiary alicyclic amines) is 1. The maximum atomic E-state index is 15.6. The van der Waals surface area contributed by atoms with E-state index < -0.39 is 17.5 Å². The van der Waals surface area contributed by atoms with Gasteiger partial charge in [0.1, 0.15) is 11.6 Å². The zero-order valence-electron chi connectivity index (χ0n) is 27.6. The van der Waals surface area contributed by atoms with Crippen LogP contribution in [-0.2, 0) is 0 Å². The second-order valence-electron chi connectivity index (χ2n) is 12.2. The van der Waals surface area contributed by atoms with E-state index in [0.717, 1.165) is 41.9 Å². The predicted octanol–water partition coefficient (Wildman–Crippen LogP) is 9.40. The molecule has 0 saturated carbocycles. The number of hydrogen-bond acceptors (Lipinski definition) is 7. The number of aromatic nitrogens is 2. The number of anilines is 1. The molecule has 1 amide bonds. The van der Waals surface area contributed by atoms with E-state index >= 15 is 4.39 Å². The first-order chi connectivity index (χ1) is 24.4. The quantitative estimate of drug-likeness (QED) is 0.136. The molecule has 7 rings (SSSR count). The summed E-state index contributed by atoms with van der Waals surface area (Å²) in [4.78, 5) is 26.4. The van der Waals surface area contributed by atoms with Crippen LogP contribution in [0.4, 0.5) is 14.5 Å². The van der Waals surface area contributed by atoms with Crippen molar-refractivity contribution in [2.45, 2.75) is 35.5 Å². The van der Waals surface area contributed by atoms with Crippen LogP contribution in [0.15, 0.2) is 107 Å². The molecule has 2 aromatic heterocycles. The highest BCUT2D eigenvalue weighted by Gasteiger charge is 2.18. The Hall–Kier alpha value is -5.06. The lowest BCUT2D eigenvalue weighted by Gasteiger charge is -2.26. The number of amides is 1. The molecule has 50 heavy (non-hydrogen) atoms. The van der Waals surface area contributed by atoms with E-state index in [0.29, 0.717) is 45.1 Å². The van der Waals surface area contributed by atoms with E-state index in [1.165, 1.54) is 49.2 Å². The molecule has 0 radical (unpaired) electrons. The summed E-state index contributed by atoms with van der Waals surface area (Å²) < 4.78 is 41.7. The van der Waals surface area contributed by atoms with E-state index in [-0.39, 0.29) is 11.3 Å². The monoisotopic (exact) mass is 690 g/mol. The minimum Gasteiger partial charge on any atom is -0.493 e. The van der Waals surface area contributed by atoms with Gasteiger partial charge in [-0.05, 0) is 86.9 Å². The lowest BCUT2D eigenvalue weighted by Crippen LogP contribution is -2.31. The van der Waals surface area contributed by atoms with Crippen molar-refractivity contribution in [3.8, 4) is 22.8 Å². The molecule has 0 unspecified atom stereocenters. The highest BCUT2D eigenvalue weighted by Crippen LogP contribution is 2.39. The summed E-state index contributed by atoms with van der Waals surface area (Å²) in [6.45, 7) is 3.90. The lowest BCUT2D eigenvalue weighted by atomic mass is 10.0. The third-order valence-electron chi connectivity index (χ3n) is 8.81. The summed E-state index contributed by atoms with van der Waals surface area (Å²) in [6, 6.07) is 25.3. The van der Waals surface area contributed by atoms with Gasteiger partial charge in [0.2, 0.25) is 0 Å². The summed E-state index contributed by atoms with van der Waals surface area (Å²) in [5, 5.41) is 3.95. The average molecular weight is 691 g/mol. The van der Waals surface area contributed by atoms with Gasteiger partial charge in [0.15, 0.2) is 11.5 Å². The Morgan fingerprint density at radius 1 is 0.860 bits per heavy atom. The van der Waals surface area contributed by atoms with Crippen LogP contribution in [0.3, 0.4) is 0 Å². The molecule has 0 spiro atoms. The molecule has 1 aliphatic rings. The van der Waals surface area contributed by atoms with E-state index in [9.17, 15) is 9.18 Å². The van der Waals surface area contributed by atoms with Crippen molar-refractivity contribution in [1.29, 1.82) is 0 Å². The molecule has 1 aliphatic heterocycles. The fourth-order valence-corrected chi connectivity index (χ4v) is 7.20. The standard InChI is InChI=1S/C40H36F2N4O3S/c1-48-36-24-31-35(25-37(36)49-20-8-19-46-17-6-3-7-18-46)43-16-15-38(31)50-39-14-12-28(22-32(39)42)44-40(47)30-23-34(26-9-4-2-5-10-26)45-33-13-11-27(41)21-29(30)33/h2,4-5,9-16,21-25H,3,6-8,17-20H2,1H3,(H,44,47). The molecule has 6 aromatic rings. The molecule has 4 aromatic carbocycles. The number of nitrogens with one attached hydrogen (secondary N) is 1. The normalized spacial score (nSPS) is 13.4. The van der Waals surface area contributed by atoms with Gasteiger partial charge in [-0.3, -0.25) is 9.78 Å². The molecular weight excluding hydrogens is 655 g/mol. The zero-order valence-corrected chi connectivity index (χ0v) is 28.4. The Morgan fingerprint density at radius 3 is 2.50 bits per heavy atom. The van der Waals surface area contributed by atoms with Gasteiger partial charge in [-0.15, -0.1) is 0 Å². The Morgan fingerprint density at radius 2 is 1.70 bits per heavy atom. The second kappa shape index (κ2) is 15.2. The van der Waals surface area contributed by atoms with Crippen LogP contribution in [0.1, 0.15) is 36.0 Å². The largest absolute Gasteiger partial charge is 0.493 e. The topological polar surface area (TPSA) is 76.6 Å². The van der Waals surface area contributed by atoms with Crippen molar-refractivity contribution in [1.82, 2.24) is 14.9 Å². The first-order valence-electron chi connectivity index (χ1n) is 16.7. The van der Waals surface area contributed by atoms with E-state index in [1.807, 2.05) is 48.5 Å². The fourth-order valence-electron chi connectivity index (χ4n) is 6.26. The summed E-state index contributed by atoms with van der Waals surface area (Å²) >= 11 is 1.25. The molecule has 1 saturated heterocycles. The smallest absolute Gasteiger partial charge is 0.256 e. The Balaban J connectivity index is 1.08. The van der Waals surface area contributed by atoms with Crippen molar-refractivity contribution in [3.05, 3.63) is 114 Å². The van der Waals surface area contributed by atoms with E-state index in [2.05, 4.69) is 20.2 Å². The number of methoxy groups -OCH3 is 1. The van der Waals surface area contributed by atoms with Crippen LogP contribution < -0.4 is 14.8 Å². The number of rotatable bonds is 11. The summed E-state index contributed by atoms with van der Waals surface area (Å²) in [5.74, 6) is -0.282. The van der Waals surface area contributed by atoms with Gasteiger partial charge in [0.05, 0.1) is 36.0 Å². The van der Waals surface area contributed by atoms with Gasteiger partial charge in [0.25, 0.3) is 5.91 Å². The second-order valence-corrected chi connectivity index (χ2v) is 13.3. The first-order valence-corrected chi connectivity index (χ1v) is 17.5. The highest BCUT2D eigenvalue weighted by molar-refractivity contribution is 7.99. The van der Waals surface area contributed by atoms with Gasteiger partial charge in [-0.1, -0.05) is 48.5 Å². The number of pyridine rings is 2. The number of carbonyl (C=O) groups is 1. The van der Waals surface area contributed by atoms with Gasteiger partial charge in [0, 0.05) is 50.6 Å². The molecule has 3 heterocycles. The minimum absolute atomic E-state index is 0.231. The van der Waals surface area contributed by atoms with Gasteiger partial charge in [-0.2, -0.15) is 0 Å². The minimum atomic E-state index is -0.506. The number of piperidine rings is 1. The molecule has 7 nitrogen and oxygen atoms in total. The zero-order chi connectivity index (χ0) is 34.5. The van der Waals surface area contributed by atoms with E-state index in [1.54, 1.807) is 37.6 Å². The lowest BCUT2D eigenvalue weighted by molar-refractivity contribution is 0.102. The number of nitrogens with zero attached hydrogens (tertiary/aromatic N) is 3. The Labute approximate surface area is 293 Å². The SMILES string of the molecule is COc1cc2c(Sc3ccc(NC(=O)c4cc(-c5ccccc5)nc5ccc(F)cc45)cc3F)ccnc2cc1OCCCN1CCCCC1. The van der Waals surface area contributed by atoms with Crippen LogP contribution in [0.2, 0.25) is 0 Å². The number of halogens is 2. The van der Waals surface area contributed by atoms with Crippen LogP contribution in [-0.4, -0.2) is 54.1 Å². The maximum absolute atomic E-state index is 15.6. The third kappa shape index (κ3) is 7.56. The van der Waals surface area contributed by atoms with Crippen LogP contribution in [0, 0.1) is 11.6 Å². The molecule has 0 bridgehead atoms. The number of carbonyl (C=O) groups excluding carboxylic acids is 1.